The Morgan fingerprint density at radius 3 is 2.90 bits per heavy atom. The van der Waals surface area contributed by atoms with Crippen molar-refractivity contribution in [1.29, 1.82) is 0 Å². The summed E-state index contributed by atoms with van der Waals surface area (Å²) < 4.78 is 2.05. The molecule has 0 aliphatic rings. The van der Waals surface area contributed by atoms with E-state index in [4.69, 9.17) is 22.9 Å². The minimum atomic E-state index is 0.457. The van der Waals surface area contributed by atoms with Crippen molar-refractivity contribution in [1.82, 2.24) is 14.4 Å². The van der Waals surface area contributed by atoms with Crippen LogP contribution in [0.25, 0.3) is 16.9 Å². The summed E-state index contributed by atoms with van der Waals surface area (Å²) in [5, 5.41) is 0. The molecule has 100 valence electrons. The number of hydrogen-bond acceptors (Lipinski definition) is 3. The van der Waals surface area contributed by atoms with Crippen LogP contribution in [0.15, 0.2) is 42.9 Å². The van der Waals surface area contributed by atoms with Crippen molar-refractivity contribution in [3.8, 4) is 11.3 Å². The smallest absolute Gasteiger partial charge is 0.140 e. The van der Waals surface area contributed by atoms with Gasteiger partial charge in [0.05, 0.1) is 16.4 Å². The molecule has 0 aromatic carbocycles. The molecule has 3 rings (SSSR count). The Bertz CT molecular complexity index is 777. The van der Waals surface area contributed by atoms with Crippen molar-refractivity contribution in [2.45, 2.75) is 13.3 Å². The Labute approximate surface area is 122 Å². The third-order valence-electron chi connectivity index (χ3n) is 3.22. The van der Waals surface area contributed by atoms with Gasteiger partial charge in [0.15, 0.2) is 0 Å². The molecule has 0 saturated heterocycles. The van der Waals surface area contributed by atoms with Crippen molar-refractivity contribution < 1.29 is 0 Å². The maximum Gasteiger partial charge on any atom is 0.140 e. The lowest BCUT2D eigenvalue weighted by atomic mass is 10.1. The first-order valence-electron chi connectivity index (χ1n) is 6.32. The summed E-state index contributed by atoms with van der Waals surface area (Å²) in [6.07, 6.45) is 6.06. The van der Waals surface area contributed by atoms with Gasteiger partial charge >= 0.3 is 0 Å². The van der Waals surface area contributed by atoms with Crippen LogP contribution in [-0.4, -0.2) is 19.4 Å². The highest BCUT2D eigenvalue weighted by Crippen LogP contribution is 2.25. The standard InChI is InChI=1S/C15H14N4S/c1-10-4-3-7-19-12(8-13(16)20)14(18-15(10)19)11-5-2-6-17-9-11/h2-7,9H,8H2,1H3,(H2,16,20). The molecule has 0 atom stereocenters. The molecule has 3 heterocycles. The van der Waals surface area contributed by atoms with Gasteiger partial charge in [-0.2, -0.15) is 0 Å². The molecule has 5 heteroatoms. The molecule has 0 aliphatic carbocycles. The lowest BCUT2D eigenvalue weighted by Gasteiger charge is -2.04. The van der Waals surface area contributed by atoms with Crippen LogP contribution in [0.4, 0.5) is 0 Å². The van der Waals surface area contributed by atoms with Crippen LogP contribution in [-0.2, 0) is 6.42 Å². The van der Waals surface area contributed by atoms with Gasteiger partial charge in [0.1, 0.15) is 5.65 Å². The van der Waals surface area contributed by atoms with Gasteiger partial charge in [0, 0.05) is 30.6 Å². The van der Waals surface area contributed by atoms with Gasteiger partial charge in [-0.3, -0.25) is 4.98 Å². The molecule has 3 aromatic rings. The molecule has 2 N–H and O–H groups in total. The fourth-order valence-electron chi connectivity index (χ4n) is 2.32. The fraction of sp³-hybridized carbons (Fsp3) is 0.133. The molecule has 0 amide bonds. The molecule has 0 fully saturated rings. The zero-order chi connectivity index (χ0) is 14.1. The number of rotatable bonds is 3. The van der Waals surface area contributed by atoms with E-state index in [1.165, 1.54) is 0 Å². The van der Waals surface area contributed by atoms with E-state index in [-0.39, 0.29) is 0 Å². The van der Waals surface area contributed by atoms with E-state index in [2.05, 4.69) is 9.38 Å². The van der Waals surface area contributed by atoms with Crippen LogP contribution in [0, 0.1) is 6.92 Å². The molecule has 0 saturated carbocycles. The SMILES string of the molecule is Cc1cccn2c(CC(N)=S)c(-c3cccnc3)nc12. The highest BCUT2D eigenvalue weighted by Gasteiger charge is 2.15. The molecule has 0 bridgehead atoms. The average Bonchev–Trinajstić information content (AvgIpc) is 2.80. The number of nitrogens with two attached hydrogens (primary N) is 1. The van der Waals surface area contributed by atoms with Gasteiger partial charge in [-0.1, -0.05) is 18.3 Å². The predicted octanol–water partition coefficient (Wildman–Crippen LogP) is 2.53. The van der Waals surface area contributed by atoms with Crippen LogP contribution in [0.2, 0.25) is 0 Å². The molecule has 20 heavy (non-hydrogen) atoms. The molecule has 0 spiro atoms. The lowest BCUT2D eigenvalue weighted by Crippen LogP contribution is -2.13. The molecule has 0 aliphatic heterocycles. The van der Waals surface area contributed by atoms with Crippen LogP contribution in [0.3, 0.4) is 0 Å². The van der Waals surface area contributed by atoms with E-state index in [1.807, 2.05) is 37.4 Å². The number of thiocarbonyl (C=S) groups is 1. The molecule has 0 unspecified atom stereocenters. The van der Waals surface area contributed by atoms with Gasteiger partial charge in [0.25, 0.3) is 0 Å². The minimum Gasteiger partial charge on any atom is -0.393 e. The number of imidazole rings is 1. The van der Waals surface area contributed by atoms with E-state index in [9.17, 15) is 0 Å². The van der Waals surface area contributed by atoms with E-state index >= 15 is 0 Å². The summed E-state index contributed by atoms with van der Waals surface area (Å²) in [5.74, 6) is 0. The van der Waals surface area contributed by atoms with E-state index in [0.29, 0.717) is 11.4 Å². The maximum atomic E-state index is 5.73. The summed E-state index contributed by atoms with van der Waals surface area (Å²) in [6.45, 7) is 2.04. The van der Waals surface area contributed by atoms with E-state index in [1.54, 1.807) is 12.4 Å². The Balaban J connectivity index is 2.30. The van der Waals surface area contributed by atoms with Crippen LogP contribution < -0.4 is 5.73 Å². The monoisotopic (exact) mass is 282 g/mol. The van der Waals surface area contributed by atoms with Gasteiger partial charge in [-0.05, 0) is 30.7 Å². The summed E-state index contributed by atoms with van der Waals surface area (Å²) in [6, 6.07) is 7.93. The van der Waals surface area contributed by atoms with Gasteiger partial charge in [-0.25, -0.2) is 4.98 Å². The van der Waals surface area contributed by atoms with E-state index < -0.39 is 0 Å². The molecule has 4 nitrogen and oxygen atoms in total. The zero-order valence-corrected chi connectivity index (χ0v) is 11.9. The molecular weight excluding hydrogens is 268 g/mol. The molecular formula is C15H14N4S. The van der Waals surface area contributed by atoms with Crippen molar-refractivity contribution in [3.63, 3.8) is 0 Å². The Kier molecular flexibility index (Phi) is 3.20. The normalized spacial score (nSPS) is 10.8. The molecule has 3 aromatic heterocycles. The number of pyridine rings is 2. The number of nitrogens with zero attached hydrogens (tertiary/aromatic N) is 3. The number of aryl methyl sites for hydroxylation is 1. The maximum absolute atomic E-state index is 5.73. The fourth-order valence-corrected chi connectivity index (χ4v) is 2.46. The highest BCUT2D eigenvalue weighted by molar-refractivity contribution is 7.80. The first-order chi connectivity index (χ1) is 9.66. The third kappa shape index (κ3) is 2.16. The van der Waals surface area contributed by atoms with Gasteiger partial charge in [-0.15, -0.1) is 0 Å². The van der Waals surface area contributed by atoms with E-state index in [0.717, 1.165) is 28.2 Å². The zero-order valence-electron chi connectivity index (χ0n) is 11.1. The first-order valence-corrected chi connectivity index (χ1v) is 6.73. The second kappa shape index (κ2) is 5.02. The molecule has 0 radical (unpaired) electrons. The Morgan fingerprint density at radius 1 is 1.35 bits per heavy atom. The van der Waals surface area contributed by atoms with Crippen molar-refractivity contribution in [2.24, 2.45) is 5.73 Å². The Hall–Kier alpha value is -2.27. The van der Waals surface area contributed by atoms with Gasteiger partial charge < -0.3 is 10.1 Å². The van der Waals surface area contributed by atoms with Crippen LogP contribution in [0.5, 0.6) is 0 Å². The highest BCUT2D eigenvalue weighted by atomic mass is 32.1. The van der Waals surface area contributed by atoms with Crippen LogP contribution >= 0.6 is 12.2 Å². The number of hydrogen-bond donors (Lipinski definition) is 1. The summed E-state index contributed by atoms with van der Waals surface area (Å²) in [4.78, 5) is 9.36. The Morgan fingerprint density at radius 2 is 2.20 bits per heavy atom. The second-order valence-electron chi connectivity index (χ2n) is 4.68. The summed E-state index contributed by atoms with van der Waals surface area (Å²) in [7, 11) is 0. The first kappa shape index (κ1) is 12.7. The average molecular weight is 282 g/mol. The number of aromatic nitrogens is 3. The largest absolute Gasteiger partial charge is 0.393 e. The summed E-state index contributed by atoms with van der Waals surface area (Å²) in [5.41, 5.74) is 10.6. The van der Waals surface area contributed by atoms with Crippen molar-refractivity contribution in [3.05, 3.63) is 54.1 Å². The van der Waals surface area contributed by atoms with Crippen LogP contribution in [0.1, 0.15) is 11.3 Å². The second-order valence-corrected chi connectivity index (χ2v) is 5.20. The van der Waals surface area contributed by atoms with Crippen molar-refractivity contribution in [2.75, 3.05) is 0 Å². The van der Waals surface area contributed by atoms with Gasteiger partial charge in [0.2, 0.25) is 0 Å². The topological polar surface area (TPSA) is 56.2 Å². The van der Waals surface area contributed by atoms with Crippen molar-refractivity contribution >= 4 is 22.9 Å². The number of fused-ring (bicyclic) bond motifs is 1. The lowest BCUT2D eigenvalue weighted by molar-refractivity contribution is 1.06. The minimum absolute atomic E-state index is 0.457. The predicted molar refractivity (Wildman–Crippen MR) is 83.6 cm³/mol. The summed E-state index contributed by atoms with van der Waals surface area (Å²) >= 11 is 5.07. The third-order valence-corrected chi connectivity index (χ3v) is 3.37. The quantitative estimate of drug-likeness (QED) is 0.750.